The number of allylic oxidation sites excluding steroid dienone is 3. The molecule has 0 saturated carbocycles. The minimum atomic E-state index is -0.615. The number of fused-ring (bicyclic) bond motifs is 1. The summed E-state index contributed by atoms with van der Waals surface area (Å²) < 4.78 is 33.4. The lowest BCUT2D eigenvalue weighted by atomic mass is 10.0. The number of anilines is 3. The van der Waals surface area contributed by atoms with Crippen molar-refractivity contribution >= 4 is 23.0 Å². The van der Waals surface area contributed by atoms with Crippen LogP contribution in [0.15, 0.2) is 61.3 Å². The van der Waals surface area contributed by atoms with Crippen molar-refractivity contribution in [2.75, 3.05) is 23.9 Å². The number of aromatic nitrogens is 2. The Balaban J connectivity index is 1.58. The van der Waals surface area contributed by atoms with Crippen molar-refractivity contribution in [3.05, 3.63) is 89.7 Å². The molecular formula is C25H24F2N4O. The predicted octanol–water partition coefficient (Wildman–Crippen LogP) is 5.97. The van der Waals surface area contributed by atoms with E-state index in [9.17, 15) is 8.78 Å². The first-order valence-corrected chi connectivity index (χ1v) is 10.2. The standard InChI is InChI=1S/C25H24F2N4O/c1-5-6-15(2)19-10-8-18(11-16(19)3)29-25-28-13-23-24(30-25)31(4)22(14-32-23)20-9-7-17(26)12-21(20)27/h5-13,22H,2,14H2,1,3-4H3,(H,28,29,30)/b6-5-. The Hall–Kier alpha value is -3.74. The van der Waals surface area contributed by atoms with Crippen molar-refractivity contribution in [1.29, 1.82) is 0 Å². The zero-order chi connectivity index (χ0) is 22.8. The van der Waals surface area contributed by atoms with E-state index in [0.29, 0.717) is 23.1 Å². The molecule has 0 fully saturated rings. The number of nitrogens with zero attached hydrogens (tertiary/aromatic N) is 3. The van der Waals surface area contributed by atoms with Crippen LogP contribution in [0.4, 0.5) is 26.2 Å². The Morgan fingerprint density at radius 2 is 2.06 bits per heavy atom. The molecule has 1 aliphatic rings. The number of likely N-dealkylation sites (N-methyl/N-ethyl adjacent to an activating group) is 1. The molecule has 3 aromatic rings. The van der Waals surface area contributed by atoms with Gasteiger partial charge in [-0.1, -0.05) is 30.9 Å². The molecule has 1 atom stereocenters. The number of hydrogen-bond donors (Lipinski definition) is 1. The molecule has 4 rings (SSSR count). The summed E-state index contributed by atoms with van der Waals surface area (Å²) in [4.78, 5) is 10.7. The summed E-state index contributed by atoms with van der Waals surface area (Å²) >= 11 is 0. The van der Waals surface area contributed by atoms with E-state index < -0.39 is 17.7 Å². The van der Waals surface area contributed by atoms with Crippen LogP contribution in [0.3, 0.4) is 0 Å². The van der Waals surface area contributed by atoms with E-state index in [1.165, 1.54) is 12.1 Å². The largest absolute Gasteiger partial charge is 0.486 e. The van der Waals surface area contributed by atoms with Crippen molar-refractivity contribution < 1.29 is 13.5 Å². The molecule has 5 nitrogen and oxygen atoms in total. The molecule has 2 heterocycles. The predicted molar refractivity (Wildman–Crippen MR) is 123 cm³/mol. The highest BCUT2D eigenvalue weighted by molar-refractivity contribution is 5.76. The van der Waals surface area contributed by atoms with Gasteiger partial charge in [-0.2, -0.15) is 4.98 Å². The fraction of sp³-hybridized carbons (Fsp3) is 0.200. The maximum Gasteiger partial charge on any atom is 0.229 e. The van der Waals surface area contributed by atoms with Crippen molar-refractivity contribution in [1.82, 2.24) is 9.97 Å². The summed E-state index contributed by atoms with van der Waals surface area (Å²) in [6.07, 6.45) is 5.52. The van der Waals surface area contributed by atoms with Gasteiger partial charge in [0.05, 0.1) is 12.2 Å². The SMILES string of the molecule is C=C(/C=C\C)c1ccc(Nc2ncc3c(n2)N(C)C(c2ccc(F)cc2F)CO3)cc1C. The van der Waals surface area contributed by atoms with Crippen LogP contribution >= 0.6 is 0 Å². The van der Waals surface area contributed by atoms with E-state index in [0.717, 1.165) is 28.5 Å². The van der Waals surface area contributed by atoms with Crippen LogP contribution < -0.4 is 15.0 Å². The minimum absolute atomic E-state index is 0.207. The Kier molecular flexibility index (Phi) is 5.90. The van der Waals surface area contributed by atoms with E-state index in [-0.39, 0.29) is 6.61 Å². The summed E-state index contributed by atoms with van der Waals surface area (Å²) in [6, 6.07) is 9.06. The smallest absolute Gasteiger partial charge is 0.229 e. The first-order chi connectivity index (χ1) is 15.4. The molecule has 1 aliphatic heterocycles. The molecule has 0 spiro atoms. The summed E-state index contributed by atoms with van der Waals surface area (Å²) in [5.74, 6) is 0.189. The Morgan fingerprint density at radius 1 is 1.25 bits per heavy atom. The lowest BCUT2D eigenvalue weighted by Gasteiger charge is -2.35. The van der Waals surface area contributed by atoms with Crippen LogP contribution in [0.2, 0.25) is 0 Å². The van der Waals surface area contributed by atoms with Gasteiger partial charge >= 0.3 is 0 Å². The monoisotopic (exact) mass is 434 g/mol. The quantitative estimate of drug-likeness (QED) is 0.502. The van der Waals surface area contributed by atoms with Gasteiger partial charge in [0.15, 0.2) is 11.6 Å². The van der Waals surface area contributed by atoms with Gasteiger partial charge in [-0.05, 0) is 48.7 Å². The van der Waals surface area contributed by atoms with Crippen LogP contribution in [0.5, 0.6) is 5.75 Å². The maximum absolute atomic E-state index is 14.3. The molecule has 0 radical (unpaired) electrons. The second-order valence-electron chi connectivity index (χ2n) is 7.66. The number of benzene rings is 2. The Labute approximate surface area is 186 Å². The minimum Gasteiger partial charge on any atom is -0.486 e. The van der Waals surface area contributed by atoms with Crippen molar-refractivity contribution in [2.45, 2.75) is 19.9 Å². The number of ether oxygens (including phenoxy) is 1. The number of aryl methyl sites for hydroxylation is 1. The van der Waals surface area contributed by atoms with E-state index in [1.54, 1.807) is 13.2 Å². The normalized spacial score (nSPS) is 15.4. The summed E-state index contributed by atoms with van der Waals surface area (Å²) in [7, 11) is 1.80. The van der Waals surface area contributed by atoms with Gasteiger partial charge in [-0.25, -0.2) is 13.8 Å². The molecule has 0 bridgehead atoms. The molecule has 0 aliphatic carbocycles. The van der Waals surface area contributed by atoms with Crippen LogP contribution in [0, 0.1) is 18.6 Å². The number of halogens is 2. The van der Waals surface area contributed by atoms with E-state index >= 15 is 0 Å². The van der Waals surface area contributed by atoms with Gasteiger partial charge in [-0.15, -0.1) is 0 Å². The number of rotatable bonds is 5. The molecule has 1 unspecified atom stereocenters. The zero-order valence-corrected chi connectivity index (χ0v) is 18.2. The average Bonchev–Trinajstić information content (AvgIpc) is 2.75. The zero-order valence-electron chi connectivity index (χ0n) is 18.2. The van der Waals surface area contributed by atoms with Crippen molar-refractivity contribution in [3.8, 4) is 5.75 Å². The molecular weight excluding hydrogens is 410 g/mol. The van der Waals surface area contributed by atoms with Gasteiger partial charge in [0.2, 0.25) is 5.95 Å². The molecule has 1 aromatic heterocycles. The molecule has 0 amide bonds. The van der Waals surface area contributed by atoms with Crippen LogP contribution in [-0.4, -0.2) is 23.6 Å². The highest BCUT2D eigenvalue weighted by atomic mass is 19.1. The summed E-state index contributed by atoms with van der Waals surface area (Å²) in [5.41, 5.74) is 4.26. The topological polar surface area (TPSA) is 50.3 Å². The Bertz CT molecular complexity index is 1210. The number of hydrogen-bond acceptors (Lipinski definition) is 5. The average molecular weight is 434 g/mol. The van der Waals surface area contributed by atoms with Crippen LogP contribution in [-0.2, 0) is 0 Å². The summed E-state index contributed by atoms with van der Waals surface area (Å²) in [6.45, 7) is 8.28. The molecule has 32 heavy (non-hydrogen) atoms. The van der Waals surface area contributed by atoms with E-state index in [1.807, 2.05) is 49.1 Å². The van der Waals surface area contributed by atoms with Crippen LogP contribution in [0.1, 0.15) is 29.7 Å². The van der Waals surface area contributed by atoms with E-state index in [2.05, 4.69) is 21.9 Å². The number of nitrogens with one attached hydrogen (secondary N) is 1. The fourth-order valence-corrected chi connectivity index (χ4v) is 3.80. The highest BCUT2D eigenvalue weighted by Gasteiger charge is 2.30. The lowest BCUT2D eigenvalue weighted by molar-refractivity contribution is 0.262. The third-order valence-electron chi connectivity index (χ3n) is 5.45. The Morgan fingerprint density at radius 3 is 2.78 bits per heavy atom. The third kappa shape index (κ3) is 4.19. The van der Waals surface area contributed by atoms with Gasteiger partial charge in [0.1, 0.15) is 18.2 Å². The van der Waals surface area contributed by atoms with Crippen molar-refractivity contribution in [2.24, 2.45) is 0 Å². The highest BCUT2D eigenvalue weighted by Crippen LogP contribution is 2.38. The lowest BCUT2D eigenvalue weighted by Crippen LogP contribution is -2.35. The first kappa shape index (κ1) is 21.5. The van der Waals surface area contributed by atoms with Gasteiger partial charge < -0.3 is 15.0 Å². The molecule has 1 N–H and O–H groups in total. The second kappa shape index (κ2) is 8.78. The van der Waals surface area contributed by atoms with Gasteiger partial charge in [-0.3, -0.25) is 0 Å². The van der Waals surface area contributed by atoms with Crippen molar-refractivity contribution in [3.63, 3.8) is 0 Å². The van der Waals surface area contributed by atoms with E-state index in [4.69, 9.17) is 4.74 Å². The second-order valence-corrected chi connectivity index (χ2v) is 7.66. The molecule has 2 aromatic carbocycles. The first-order valence-electron chi connectivity index (χ1n) is 10.2. The molecule has 164 valence electrons. The van der Waals surface area contributed by atoms with Gasteiger partial charge in [0.25, 0.3) is 0 Å². The molecule has 7 heteroatoms. The molecule has 0 saturated heterocycles. The third-order valence-corrected chi connectivity index (χ3v) is 5.45. The maximum atomic E-state index is 14.3. The summed E-state index contributed by atoms with van der Waals surface area (Å²) in [5, 5.41) is 3.21. The van der Waals surface area contributed by atoms with Crippen LogP contribution in [0.25, 0.3) is 5.57 Å². The fourth-order valence-electron chi connectivity index (χ4n) is 3.80. The van der Waals surface area contributed by atoms with Gasteiger partial charge in [0, 0.05) is 24.4 Å².